The summed E-state index contributed by atoms with van der Waals surface area (Å²) in [6.45, 7) is 2.50. The molecule has 0 aliphatic rings. The summed E-state index contributed by atoms with van der Waals surface area (Å²) in [4.78, 5) is 13.9. The van der Waals surface area contributed by atoms with Gasteiger partial charge < -0.3 is 5.32 Å². The fourth-order valence-corrected chi connectivity index (χ4v) is 2.48. The Balaban J connectivity index is 2.07. The third-order valence-electron chi connectivity index (χ3n) is 3.72. The first-order chi connectivity index (χ1) is 12.3. The topological polar surface area (TPSA) is 32.3 Å². The van der Waals surface area contributed by atoms with Crippen LogP contribution in [0.1, 0.15) is 16.7 Å². The molecule has 0 fully saturated rings. The predicted molar refractivity (Wildman–Crippen MR) is 95.4 cm³/mol. The van der Waals surface area contributed by atoms with Crippen molar-refractivity contribution in [1.29, 1.82) is 0 Å². The monoisotopic (exact) mass is 360 g/mol. The van der Waals surface area contributed by atoms with E-state index in [9.17, 15) is 18.0 Å². The van der Waals surface area contributed by atoms with E-state index in [0.29, 0.717) is 6.54 Å². The Morgan fingerprint density at radius 1 is 1.15 bits per heavy atom. The SMILES string of the molecule is C#CCN(CC(=O)Nc1ccccc1C(F)(F)F)Cc1ccc(C)cc1. The van der Waals surface area contributed by atoms with Crippen LogP contribution in [0.4, 0.5) is 18.9 Å². The highest BCUT2D eigenvalue weighted by Gasteiger charge is 2.33. The summed E-state index contributed by atoms with van der Waals surface area (Å²) in [5.74, 6) is 1.92. The van der Waals surface area contributed by atoms with Crippen LogP contribution in [0.15, 0.2) is 48.5 Å². The van der Waals surface area contributed by atoms with Crippen molar-refractivity contribution in [2.45, 2.75) is 19.6 Å². The zero-order chi connectivity index (χ0) is 19.2. The van der Waals surface area contributed by atoms with Gasteiger partial charge in [0.25, 0.3) is 0 Å². The Hall–Kier alpha value is -2.78. The first kappa shape index (κ1) is 19.5. The van der Waals surface area contributed by atoms with Crippen molar-refractivity contribution in [2.75, 3.05) is 18.4 Å². The molecule has 136 valence electrons. The van der Waals surface area contributed by atoms with Gasteiger partial charge in [0, 0.05) is 6.54 Å². The number of anilines is 1. The molecule has 2 aromatic rings. The standard InChI is InChI=1S/C20H19F3N2O/c1-3-12-25(13-16-10-8-15(2)9-11-16)14-19(26)24-18-7-5-4-6-17(18)20(21,22)23/h1,4-11H,12-14H2,2H3,(H,24,26). The molecule has 0 spiro atoms. The van der Waals surface area contributed by atoms with Gasteiger partial charge in [0.15, 0.2) is 0 Å². The van der Waals surface area contributed by atoms with E-state index in [1.165, 1.54) is 18.2 Å². The van der Waals surface area contributed by atoms with E-state index in [1.807, 2.05) is 31.2 Å². The van der Waals surface area contributed by atoms with Crippen LogP contribution in [0.2, 0.25) is 0 Å². The number of nitrogens with zero attached hydrogens (tertiary/aromatic N) is 1. The van der Waals surface area contributed by atoms with Crippen molar-refractivity contribution >= 4 is 11.6 Å². The molecular formula is C20H19F3N2O. The zero-order valence-corrected chi connectivity index (χ0v) is 14.3. The molecule has 0 unspecified atom stereocenters. The van der Waals surface area contributed by atoms with Crippen LogP contribution in [0.5, 0.6) is 0 Å². The third-order valence-corrected chi connectivity index (χ3v) is 3.72. The number of hydrogen-bond acceptors (Lipinski definition) is 2. The fourth-order valence-electron chi connectivity index (χ4n) is 2.48. The fraction of sp³-hybridized carbons (Fsp3) is 0.250. The Kier molecular flexibility index (Phi) is 6.42. The summed E-state index contributed by atoms with van der Waals surface area (Å²) in [5.41, 5.74) is 0.935. The molecular weight excluding hydrogens is 341 g/mol. The lowest BCUT2D eigenvalue weighted by atomic mass is 10.1. The minimum atomic E-state index is -4.54. The molecule has 0 aliphatic heterocycles. The maximum Gasteiger partial charge on any atom is 0.418 e. The van der Waals surface area contributed by atoms with E-state index < -0.39 is 17.6 Å². The van der Waals surface area contributed by atoms with Gasteiger partial charge in [0.05, 0.1) is 24.3 Å². The Morgan fingerprint density at radius 3 is 2.42 bits per heavy atom. The van der Waals surface area contributed by atoms with E-state index in [-0.39, 0.29) is 18.8 Å². The number of nitrogens with one attached hydrogen (secondary N) is 1. The molecule has 0 saturated heterocycles. The highest BCUT2D eigenvalue weighted by atomic mass is 19.4. The van der Waals surface area contributed by atoms with Gasteiger partial charge in [0.2, 0.25) is 5.91 Å². The van der Waals surface area contributed by atoms with Crippen molar-refractivity contribution in [3.8, 4) is 12.3 Å². The van der Waals surface area contributed by atoms with Crippen molar-refractivity contribution in [2.24, 2.45) is 0 Å². The van der Waals surface area contributed by atoms with Crippen LogP contribution in [0, 0.1) is 19.3 Å². The molecule has 0 bridgehead atoms. The second-order valence-corrected chi connectivity index (χ2v) is 5.93. The molecule has 2 aromatic carbocycles. The van der Waals surface area contributed by atoms with Crippen LogP contribution < -0.4 is 5.32 Å². The van der Waals surface area contributed by atoms with E-state index in [0.717, 1.165) is 17.2 Å². The molecule has 6 heteroatoms. The van der Waals surface area contributed by atoms with Gasteiger partial charge in [-0.25, -0.2) is 0 Å². The summed E-state index contributed by atoms with van der Waals surface area (Å²) < 4.78 is 39.0. The van der Waals surface area contributed by atoms with Gasteiger partial charge in [-0.1, -0.05) is 47.9 Å². The summed E-state index contributed by atoms with van der Waals surface area (Å²) in [6.07, 6.45) is 0.807. The summed E-state index contributed by atoms with van der Waals surface area (Å²) in [6, 6.07) is 12.6. The van der Waals surface area contributed by atoms with Crippen LogP contribution in [-0.4, -0.2) is 23.9 Å². The minimum absolute atomic E-state index is 0.107. The predicted octanol–water partition coefficient (Wildman–Crippen LogP) is 4.09. The van der Waals surface area contributed by atoms with Gasteiger partial charge in [-0.2, -0.15) is 13.2 Å². The number of terminal acetylenes is 1. The average Bonchev–Trinajstić information content (AvgIpc) is 2.56. The number of hydrogen-bond donors (Lipinski definition) is 1. The number of carbonyl (C=O) groups is 1. The van der Waals surface area contributed by atoms with Crippen LogP contribution in [-0.2, 0) is 17.5 Å². The van der Waals surface area contributed by atoms with Crippen molar-refractivity contribution in [3.05, 3.63) is 65.2 Å². The molecule has 0 aromatic heterocycles. The molecule has 26 heavy (non-hydrogen) atoms. The van der Waals surface area contributed by atoms with Crippen LogP contribution in [0.25, 0.3) is 0 Å². The molecule has 1 N–H and O–H groups in total. The van der Waals surface area contributed by atoms with E-state index in [4.69, 9.17) is 6.42 Å². The number of rotatable bonds is 6. The van der Waals surface area contributed by atoms with Crippen LogP contribution in [0.3, 0.4) is 0 Å². The second kappa shape index (κ2) is 8.54. The number of para-hydroxylation sites is 1. The lowest BCUT2D eigenvalue weighted by Gasteiger charge is -2.20. The highest BCUT2D eigenvalue weighted by Crippen LogP contribution is 2.34. The summed E-state index contributed by atoms with van der Waals surface area (Å²) in [5, 5.41) is 2.33. The average molecular weight is 360 g/mol. The third kappa shape index (κ3) is 5.64. The first-order valence-electron chi connectivity index (χ1n) is 7.97. The first-order valence-corrected chi connectivity index (χ1v) is 7.97. The molecule has 0 atom stereocenters. The van der Waals surface area contributed by atoms with Crippen molar-refractivity contribution in [3.63, 3.8) is 0 Å². The molecule has 0 saturated carbocycles. The van der Waals surface area contributed by atoms with Gasteiger partial charge in [-0.05, 0) is 24.6 Å². The molecule has 2 rings (SSSR count). The van der Waals surface area contributed by atoms with Crippen molar-refractivity contribution < 1.29 is 18.0 Å². The highest BCUT2D eigenvalue weighted by molar-refractivity contribution is 5.93. The smallest absolute Gasteiger partial charge is 0.324 e. The van der Waals surface area contributed by atoms with E-state index in [1.54, 1.807) is 4.90 Å². The van der Waals surface area contributed by atoms with Gasteiger partial charge in [-0.3, -0.25) is 9.69 Å². The Labute approximate surface area is 150 Å². The zero-order valence-electron chi connectivity index (χ0n) is 14.3. The molecule has 0 radical (unpaired) electrons. The molecule has 1 amide bonds. The normalized spacial score (nSPS) is 11.2. The second-order valence-electron chi connectivity index (χ2n) is 5.93. The number of amides is 1. The minimum Gasteiger partial charge on any atom is -0.324 e. The number of aryl methyl sites for hydroxylation is 1. The Morgan fingerprint density at radius 2 is 1.81 bits per heavy atom. The largest absolute Gasteiger partial charge is 0.418 e. The van der Waals surface area contributed by atoms with Crippen LogP contribution >= 0.6 is 0 Å². The van der Waals surface area contributed by atoms with Gasteiger partial charge in [-0.15, -0.1) is 6.42 Å². The van der Waals surface area contributed by atoms with E-state index >= 15 is 0 Å². The lowest BCUT2D eigenvalue weighted by molar-refractivity contribution is -0.137. The number of alkyl halides is 3. The molecule has 0 aliphatic carbocycles. The molecule has 3 nitrogen and oxygen atoms in total. The lowest BCUT2D eigenvalue weighted by Crippen LogP contribution is -2.33. The summed E-state index contributed by atoms with van der Waals surface area (Å²) in [7, 11) is 0. The maximum absolute atomic E-state index is 13.0. The quantitative estimate of drug-likeness (QED) is 0.787. The number of benzene rings is 2. The van der Waals surface area contributed by atoms with E-state index in [2.05, 4.69) is 11.2 Å². The van der Waals surface area contributed by atoms with Gasteiger partial charge in [0.1, 0.15) is 0 Å². The van der Waals surface area contributed by atoms with Gasteiger partial charge >= 0.3 is 6.18 Å². The number of halogens is 3. The maximum atomic E-state index is 13.0. The number of carbonyl (C=O) groups excluding carboxylic acids is 1. The summed E-state index contributed by atoms with van der Waals surface area (Å²) >= 11 is 0. The van der Waals surface area contributed by atoms with Crippen molar-refractivity contribution in [1.82, 2.24) is 4.90 Å². The Bertz CT molecular complexity index is 792. The molecule has 0 heterocycles.